The van der Waals surface area contributed by atoms with Crippen molar-refractivity contribution in [3.05, 3.63) is 0 Å². The van der Waals surface area contributed by atoms with Gasteiger partial charge < -0.3 is 20.3 Å². The third-order valence-corrected chi connectivity index (χ3v) is 4.23. The van der Waals surface area contributed by atoms with E-state index in [0.717, 1.165) is 0 Å². The van der Waals surface area contributed by atoms with Crippen LogP contribution in [0.1, 0.15) is 46.0 Å². The van der Waals surface area contributed by atoms with Gasteiger partial charge in [0.15, 0.2) is 0 Å². The van der Waals surface area contributed by atoms with Crippen LogP contribution in [0.3, 0.4) is 0 Å². The Balaban J connectivity index is 2.29. The van der Waals surface area contributed by atoms with E-state index in [1.165, 1.54) is 0 Å². The molecule has 0 radical (unpaired) electrons. The number of carbonyl (C=O) groups is 3. The van der Waals surface area contributed by atoms with Crippen molar-refractivity contribution in [3.63, 3.8) is 0 Å². The fourth-order valence-electron chi connectivity index (χ4n) is 2.62. The normalized spacial score (nSPS) is 23.6. The second-order valence-corrected chi connectivity index (χ2v) is 6.25. The number of carboxylic acids is 1. The van der Waals surface area contributed by atoms with Crippen LogP contribution in [0.25, 0.3) is 0 Å². The fourth-order valence-corrected chi connectivity index (χ4v) is 2.62. The highest BCUT2D eigenvalue weighted by Gasteiger charge is 2.32. The lowest BCUT2D eigenvalue weighted by atomic mass is 9.79. The van der Waals surface area contributed by atoms with Gasteiger partial charge in [-0.05, 0) is 31.6 Å². The molecule has 3 N–H and O–H groups in total. The van der Waals surface area contributed by atoms with Gasteiger partial charge in [0.2, 0.25) is 0 Å². The van der Waals surface area contributed by atoms with Crippen molar-refractivity contribution in [2.24, 2.45) is 23.5 Å². The average molecular weight is 329 g/mol. The van der Waals surface area contributed by atoms with Gasteiger partial charge in [-0.2, -0.15) is 0 Å². The van der Waals surface area contributed by atoms with E-state index in [4.69, 9.17) is 20.3 Å². The maximum atomic E-state index is 12.0. The van der Waals surface area contributed by atoms with Crippen LogP contribution in [0.5, 0.6) is 0 Å². The molecule has 0 spiro atoms. The van der Waals surface area contributed by atoms with Crippen LogP contribution in [0.2, 0.25) is 0 Å². The summed E-state index contributed by atoms with van der Waals surface area (Å²) in [5, 5.41) is 8.97. The fraction of sp³-hybridized carbons (Fsp3) is 0.812. The Kier molecular flexibility index (Phi) is 8.02. The van der Waals surface area contributed by atoms with E-state index in [-0.39, 0.29) is 36.9 Å². The SMILES string of the molecule is CCC(=O)OCC(C)COC(=O)C(N)C1CCC(C(=O)O)CC1. The highest BCUT2D eigenvalue weighted by atomic mass is 16.5. The number of esters is 2. The van der Waals surface area contributed by atoms with Crippen molar-refractivity contribution in [2.45, 2.75) is 52.0 Å². The topological polar surface area (TPSA) is 116 Å². The van der Waals surface area contributed by atoms with Gasteiger partial charge in [0.1, 0.15) is 6.04 Å². The quantitative estimate of drug-likeness (QED) is 0.645. The van der Waals surface area contributed by atoms with E-state index in [1.807, 2.05) is 6.92 Å². The van der Waals surface area contributed by atoms with Crippen molar-refractivity contribution in [2.75, 3.05) is 13.2 Å². The molecule has 0 amide bonds. The number of carboxylic acid groups (broad SMARTS) is 1. The maximum Gasteiger partial charge on any atom is 0.323 e. The molecular weight excluding hydrogens is 302 g/mol. The Morgan fingerprint density at radius 1 is 1.13 bits per heavy atom. The number of ether oxygens (including phenoxy) is 2. The van der Waals surface area contributed by atoms with Crippen LogP contribution in [0.15, 0.2) is 0 Å². The molecule has 2 atom stereocenters. The largest absolute Gasteiger partial charge is 0.481 e. The van der Waals surface area contributed by atoms with Crippen LogP contribution in [-0.2, 0) is 23.9 Å². The molecular formula is C16H27NO6. The van der Waals surface area contributed by atoms with Gasteiger partial charge in [-0.25, -0.2) is 0 Å². The zero-order valence-corrected chi connectivity index (χ0v) is 13.8. The second-order valence-electron chi connectivity index (χ2n) is 6.25. The molecule has 1 rings (SSSR count). The molecule has 0 aromatic carbocycles. The highest BCUT2D eigenvalue weighted by Crippen LogP contribution is 2.30. The molecule has 1 saturated carbocycles. The lowest BCUT2D eigenvalue weighted by molar-refractivity contribution is -0.150. The van der Waals surface area contributed by atoms with Gasteiger partial charge in [-0.1, -0.05) is 13.8 Å². The number of hydrogen-bond donors (Lipinski definition) is 2. The van der Waals surface area contributed by atoms with Crippen molar-refractivity contribution in [3.8, 4) is 0 Å². The van der Waals surface area contributed by atoms with Crippen molar-refractivity contribution in [1.29, 1.82) is 0 Å². The zero-order valence-electron chi connectivity index (χ0n) is 13.8. The van der Waals surface area contributed by atoms with E-state index in [0.29, 0.717) is 32.1 Å². The number of hydrogen-bond acceptors (Lipinski definition) is 6. The van der Waals surface area contributed by atoms with E-state index in [2.05, 4.69) is 0 Å². The summed E-state index contributed by atoms with van der Waals surface area (Å²) in [6, 6.07) is -0.727. The monoisotopic (exact) mass is 329 g/mol. The Hall–Kier alpha value is -1.63. The number of nitrogens with two attached hydrogens (primary N) is 1. The smallest absolute Gasteiger partial charge is 0.323 e. The second kappa shape index (κ2) is 9.50. The van der Waals surface area contributed by atoms with E-state index >= 15 is 0 Å². The summed E-state index contributed by atoms with van der Waals surface area (Å²) in [5.41, 5.74) is 5.94. The molecule has 1 aliphatic carbocycles. The van der Waals surface area contributed by atoms with Crippen molar-refractivity contribution >= 4 is 17.9 Å². The summed E-state index contributed by atoms with van der Waals surface area (Å²) < 4.78 is 10.2. The van der Waals surface area contributed by atoms with Crippen LogP contribution >= 0.6 is 0 Å². The summed E-state index contributed by atoms with van der Waals surface area (Å²) in [4.78, 5) is 34.0. The molecule has 7 heteroatoms. The number of aliphatic carboxylic acids is 1. The Morgan fingerprint density at radius 2 is 1.70 bits per heavy atom. The average Bonchev–Trinajstić information content (AvgIpc) is 2.56. The van der Waals surface area contributed by atoms with Gasteiger partial charge in [0.05, 0.1) is 19.1 Å². The van der Waals surface area contributed by atoms with Gasteiger partial charge in [0.25, 0.3) is 0 Å². The van der Waals surface area contributed by atoms with Crippen LogP contribution < -0.4 is 5.73 Å². The lowest BCUT2D eigenvalue weighted by Gasteiger charge is -2.29. The first-order valence-electron chi connectivity index (χ1n) is 8.15. The molecule has 1 fully saturated rings. The van der Waals surface area contributed by atoms with Gasteiger partial charge in [-0.15, -0.1) is 0 Å². The molecule has 23 heavy (non-hydrogen) atoms. The minimum absolute atomic E-state index is 0.0358. The summed E-state index contributed by atoms with van der Waals surface area (Å²) in [6.45, 7) is 3.89. The minimum Gasteiger partial charge on any atom is -0.481 e. The number of rotatable bonds is 8. The lowest BCUT2D eigenvalue weighted by Crippen LogP contribution is -2.42. The first kappa shape index (κ1) is 19.4. The van der Waals surface area contributed by atoms with Crippen molar-refractivity contribution in [1.82, 2.24) is 0 Å². The van der Waals surface area contributed by atoms with Gasteiger partial charge >= 0.3 is 17.9 Å². The molecule has 0 aromatic heterocycles. The summed E-state index contributed by atoms with van der Waals surface area (Å²) in [6.07, 6.45) is 2.65. The van der Waals surface area contributed by atoms with Crippen LogP contribution in [0.4, 0.5) is 0 Å². The van der Waals surface area contributed by atoms with Crippen LogP contribution in [0, 0.1) is 17.8 Å². The molecule has 0 aliphatic heterocycles. The van der Waals surface area contributed by atoms with Gasteiger partial charge in [0, 0.05) is 12.3 Å². The first-order chi connectivity index (χ1) is 10.8. The number of carbonyl (C=O) groups excluding carboxylic acids is 2. The van der Waals surface area contributed by atoms with E-state index in [9.17, 15) is 14.4 Å². The minimum atomic E-state index is -0.782. The van der Waals surface area contributed by atoms with E-state index < -0.39 is 18.0 Å². The van der Waals surface area contributed by atoms with E-state index in [1.54, 1.807) is 6.92 Å². The summed E-state index contributed by atoms with van der Waals surface area (Å²) in [5.74, 6) is -2.00. The maximum absolute atomic E-state index is 12.0. The zero-order chi connectivity index (χ0) is 17.4. The molecule has 132 valence electrons. The molecule has 0 aromatic rings. The Labute approximate surface area is 136 Å². The molecule has 0 saturated heterocycles. The first-order valence-corrected chi connectivity index (χ1v) is 8.15. The predicted molar refractivity (Wildman–Crippen MR) is 82.4 cm³/mol. The van der Waals surface area contributed by atoms with Crippen molar-refractivity contribution < 1.29 is 29.0 Å². The predicted octanol–water partition coefficient (Wildman–Crippen LogP) is 1.34. The molecule has 1 aliphatic rings. The third-order valence-electron chi connectivity index (χ3n) is 4.23. The highest BCUT2D eigenvalue weighted by molar-refractivity contribution is 5.76. The molecule has 0 heterocycles. The standard InChI is InChI=1S/C16H27NO6/c1-3-13(18)22-8-10(2)9-23-16(21)14(17)11-4-6-12(7-5-11)15(19)20/h10-12,14H,3-9,17H2,1-2H3,(H,19,20). The third kappa shape index (κ3) is 6.56. The molecule has 7 nitrogen and oxygen atoms in total. The van der Waals surface area contributed by atoms with Gasteiger partial charge in [-0.3, -0.25) is 14.4 Å². The molecule has 0 bridgehead atoms. The summed E-state index contributed by atoms with van der Waals surface area (Å²) >= 11 is 0. The Bertz CT molecular complexity index is 417. The van der Waals surface area contributed by atoms with Crippen LogP contribution in [-0.4, -0.2) is 42.3 Å². The summed E-state index contributed by atoms with van der Waals surface area (Å²) in [7, 11) is 0. The molecule has 2 unspecified atom stereocenters. The Morgan fingerprint density at radius 3 is 2.22 bits per heavy atom.